The van der Waals surface area contributed by atoms with Gasteiger partial charge in [0, 0.05) is 38.1 Å². The number of aromatic nitrogens is 2. The lowest BCUT2D eigenvalue weighted by Gasteiger charge is -2.42. The van der Waals surface area contributed by atoms with Crippen LogP contribution in [0.3, 0.4) is 0 Å². The van der Waals surface area contributed by atoms with Gasteiger partial charge in [-0.25, -0.2) is 4.98 Å². The zero-order valence-electron chi connectivity index (χ0n) is 22.5. The van der Waals surface area contributed by atoms with Crippen LogP contribution in [0.2, 0.25) is 0 Å². The standard InChI is InChI=1S/C29H31F3N6O3/c1-2-41-26-23(4-3-11-35-26)24-7-5-21(16-36-24)28(27(40)37-17-22(34)18-39)9-12-38(13-10-28)25-8-6-20(29(30,31)32)14-19(25)15-33/h3-8,11,14,16,22,39H,2,9-10,12-13,17-18,34H2,1H3,(H,37,40)/t22-/m1/s1. The predicted octanol–water partition coefficient (Wildman–Crippen LogP) is 3.41. The number of pyridine rings is 2. The number of alkyl halides is 3. The minimum absolute atomic E-state index is 0.0667. The van der Waals surface area contributed by atoms with Crippen molar-refractivity contribution >= 4 is 11.6 Å². The molecule has 1 saturated heterocycles. The van der Waals surface area contributed by atoms with Crippen LogP contribution in [0.15, 0.2) is 54.9 Å². The Morgan fingerprint density at radius 2 is 2.00 bits per heavy atom. The van der Waals surface area contributed by atoms with E-state index in [9.17, 15) is 28.3 Å². The Bertz CT molecular complexity index is 1400. The Kier molecular flexibility index (Phi) is 9.10. The number of aliphatic hydroxyl groups excluding tert-OH is 1. The Hall–Kier alpha value is -4.21. The normalized spacial score (nSPS) is 15.6. The molecule has 0 radical (unpaired) electrons. The van der Waals surface area contributed by atoms with E-state index < -0.39 is 23.2 Å². The molecule has 0 aliphatic carbocycles. The second-order valence-corrected chi connectivity index (χ2v) is 9.78. The summed E-state index contributed by atoms with van der Waals surface area (Å²) in [6.07, 6.45) is -0.693. The van der Waals surface area contributed by atoms with Crippen molar-refractivity contribution in [1.82, 2.24) is 15.3 Å². The molecule has 4 rings (SSSR count). The van der Waals surface area contributed by atoms with E-state index in [-0.39, 0.29) is 24.6 Å². The number of anilines is 1. The number of nitrogens with one attached hydrogen (secondary N) is 1. The summed E-state index contributed by atoms with van der Waals surface area (Å²) >= 11 is 0. The second-order valence-electron chi connectivity index (χ2n) is 9.78. The maximum Gasteiger partial charge on any atom is 0.416 e. The van der Waals surface area contributed by atoms with E-state index in [0.717, 1.165) is 12.1 Å². The van der Waals surface area contributed by atoms with Gasteiger partial charge in [0.1, 0.15) is 6.07 Å². The molecule has 1 aromatic carbocycles. The third-order valence-corrected chi connectivity index (χ3v) is 7.24. The van der Waals surface area contributed by atoms with Gasteiger partial charge in [-0.3, -0.25) is 9.78 Å². The third kappa shape index (κ3) is 6.42. The Balaban J connectivity index is 1.64. The van der Waals surface area contributed by atoms with Gasteiger partial charge in [-0.15, -0.1) is 0 Å². The largest absolute Gasteiger partial charge is 0.477 e. The minimum Gasteiger partial charge on any atom is -0.477 e. The fourth-order valence-electron chi connectivity index (χ4n) is 4.99. The molecule has 3 aromatic rings. The van der Waals surface area contributed by atoms with Crippen LogP contribution in [-0.4, -0.2) is 59.9 Å². The summed E-state index contributed by atoms with van der Waals surface area (Å²) in [6.45, 7) is 2.67. The van der Waals surface area contributed by atoms with Crippen LogP contribution in [0.25, 0.3) is 11.3 Å². The molecular weight excluding hydrogens is 537 g/mol. The maximum absolute atomic E-state index is 13.7. The molecule has 41 heavy (non-hydrogen) atoms. The number of amides is 1. The molecule has 3 heterocycles. The van der Waals surface area contributed by atoms with Gasteiger partial charge in [0.2, 0.25) is 11.8 Å². The SMILES string of the molecule is CCOc1ncccc1-c1ccc(C2(C(=O)NC[C@@H](N)CO)CCN(c3ccc(C(F)(F)F)cc3C#N)CC2)cn1. The molecule has 0 unspecified atom stereocenters. The van der Waals surface area contributed by atoms with Crippen molar-refractivity contribution in [3.05, 3.63) is 71.5 Å². The number of carbonyl (C=O) groups is 1. The van der Waals surface area contributed by atoms with Gasteiger partial charge < -0.3 is 25.8 Å². The molecule has 1 aliphatic rings. The van der Waals surface area contributed by atoms with Gasteiger partial charge in [0.25, 0.3) is 0 Å². The molecular formula is C29H31F3N6O3. The average molecular weight is 569 g/mol. The number of aliphatic hydroxyl groups is 1. The molecule has 12 heteroatoms. The number of piperidine rings is 1. The number of ether oxygens (including phenoxy) is 1. The molecule has 1 amide bonds. The maximum atomic E-state index is 13.7. The monoisotopic (exact) mass is 568 g/mol. The number of halogens is 3. The number of hydrogen-bond donors (Lipinski definition) is 3. The summed E-state index contributed by atoms with van der Waals surface area (Å²) in [5, 5.41) is 21.7. The number of rotatable bonds is 9. The van der Waals surface area contributed by atoms with Gasteiger partial charge >= 0.3 is 6.18 Å². The van der Waals surface area contributed by atoms with Crippen molar-refractivity contribution in [3.8, 4) is 23.2 Å². The van der Waals surface area contributed by atoms with E-state index in [4.69, 9.17) is 10.5 Å². The predicted molar refractivity (Wildman–Crippen MR) is 146 cm³/mol. The molecule has 1 atom stereocenters. The number of nitriles is 1. The van der Waals surface area contributed by atoms with Gasteiger partial charge in [0.15, 0.2) is 0 Å². The zero-order valence-corrected chi connectivity index (χ0v) is 22.5. The number of hydrogen-bond acceptors (Lipinski definition) is 8. The molecule has 1 aliphatic heterocycles. The van der Waals surface area contributed by atoms with Gasteiger partial charge in [-0.05, 0) is 61.7 Å². The molecule has 0 spiro atoms. The lowest BCUT2D eigenvalue weighted by molar-refractivity contribution is -0.137. The minimum atomic E-state index is -4.56. The van der Waals surface area contributed by atoms with E-state index >= 15 is 0 Å². The number of carbonyl (C=O) groups excluding carboxylic acids is 1. The van der Waals surface area contributed by atoms with Crippen molar-refractivity contribution < 1.29 is 27.8 Å². The summed E-state index contributed by atoms with van der Waals surface area (Å²) < 4.78 is 45.2. The van der Waals surface area contributed by atoms with Gasteiger partial charge in [-0.1, -0.05) is 6.07 Å². The molecule has 0 bridgehead atoms. The fraction of sp³-hybridized carbons (Fsp3) is 0.379. The first kappa shape index (κ1) is 29.8. The number of nitrogens with two attached hydrogens (primary N) is 1. The number of nitrogens with zero attached hydrogens (tertiary/aromatic N) is 4. The molecule has 9 nitrogen and oxygen atoms in total. The van der Waals surface area contributed by atoms with E-state index in [1.807, 2.05) is 30.0 Å². The lowest BCUT2D eigenvalue weighted by Crippen LogP contribution is -2.54. The van der Waals surface area contributed by atoms with Gasteiger partial charge in [0.05, 0.1) is 46.7 Å². The van der Waals surface area contributed by atoms with E-state index in [1.54, 1.807) is 24.5 Å². The highest BCUT2D eigenvalue weighted by Crippen LogP contribution is 2.40. The average Bonchev–Trinajstić information content (AvgIpc) is 2.99. The summed E-state index contributed by atoms with van der Waals surface area (Å²) in [4.78, 5) is 24.4. The van der Waals surface area contributed by atoms with Crippen LogP contribution in [0.4, 0.5) is 18.9 Å². The Morgan fingerprint density at radius 1 is 1.24 bits per heavy atom. The lowest BCUT2D eigenvalue weighted by atomic mass is 9.72. The molecule has 0 saturated carbocycles. The Morgan fingerprint density at radius 3 is 2.61 bits per heavy atom. The second kappa shape index (κ2) is 12.5. The van der Waals surface area contributed by atoms with Crippen LogP contribution in [0.5, 0.6) is 5.88 Å². The van der Waals surface area contributed by atoms with Crippen LogP contribution in [-0.2, 0) is 16.4 Å². The van der Waals surface area contributed by atoms with Crippen LogP contribution in [0, 0.1) is 11.3 Å². The zero-order chi connectivity index (χ0) is 29.6. The highest BCUT2D eigenvalue weighted by Gasteiger charge is 2.44. The summed E-state index contributed by atoms with van der Waals surface area (Å²) in [5.74, 6) is 0.152. The van der Waals surface area contributed by atoms with E-state index in [2.05, 4.69) is 15.3 Å². The van der Waals surface area contributed by atoms with Crippen molar-refractivity contribution in [2.75, 3.05) is 37.7 Å². The van der Waals surface area contributed by atoms with Crippen LogP contribution < -0.4 is 20.7 Å². The first-order valence-electron chi connectivity index (χ1n) is 13.2. The first-order valence-corrected chi connectivity index (χ1v) is 13.2. The summed E-state index contributed by atoms with van der Waals surface area (Å²) in [6, 6.07) is 11.6. The summed E-state index contributed by atoms with van der Waals surface area (Å²) in [7, 11) is 0. The van der Waals surface area contributed by atoms with Gasteiger partial charge in [-0.2, -0.15) is 18.4 Å². The molecule has 4 N–H and O–H groups in total. The van der Waals surface area contributed by atoms with Crippen molar-refractivity contribution in [3.63, 3.8) is 0 Å². The molecule has 1 fully saturated rings. The topological polar surface area (TPSA) is 137 Å². The molecule has 2 aromatic heterocycles. The van der Waals surface area contributed by atoms with E-state index in [0.29, 0.717) is 60.9 Å². The van der Waals surface area contributed by atoms with Crippen molar-refractivity contribution in [1.29, 1.82) is 5.26 Å². The quantitative estimate of drug-likeness (QED) is 0.357. The number of benzene rings is 1. The summed E-state index contributed by atoms with van der Waals surface area (Å²) in [5.41, 5.74) is 6.17. The highest BCUT2D eigenvalue weighted by molar-refractivity contribution is 5.89. The third-order valence-electron chi connectivity index (χ3n) is 7.24. The highest BCUT2D eigenvalue weighted by atomic mass is 19.4. The first-order chi connectivity index (χ1) is 19.6. The molecule has 216 valence electrons. The van der Waals surface area contributed by atoms with Crippen molar-refractivity contribution in [2.24, 2.45) is 5.73 Å². The smallest absolute Gasteiger partial charge is 0.416 e. The Labute approximate surface area is 235 Å². The van der Waals surface area contributed by atoms with Crippen LogP contribution in [0.1, 0.15) is 36.5 Å². The van der Waals surface area contributed by atoms with Crippen molar-refractivity contribution in [2.45, 2.75) is 37.4 Å². The fourth-order valence-corrected chi connectivity index (χ4v) is 4.99. The van der Waals surface area contributed by atoms with Crippen LogP contribution >= 0.6 is 0 Å². The van der Waals surface area contributed by atoms with E-state index in [1.165, 1.54) is 6.07 Å².